The van der Waals surface area contributed by atoms with Gasteiger partial charge in [-0.15, -0.1) is 0 Å². The van der Waals surface area contributed by atoms with E-state index in [4.69, 9.17) is 14.8 Å². The van der Waals surface area contributed by atoms with E-state index in [1.165, 1.54) is 141 Å². The predicted octanol–water partition coefficient (Wildman–Crippen LogP) is 10.6. The zero-order valence-corrected chi connectivity index (χ0v) is 34.1. The third kappa shape index (κ3) is 36.0. The maximum atomic E-state index is 12.8. The highest BCUT2D eigenvalue weighted by Gasteiger charge is 2.27. The minimum Gasteiger partial charge on any atom is -0.393 e. The average Bonchev–Trinajstić information content (AvgIpc) is 3.10. The monoisotopic (exact) mass is 747 g/mol. The van der Waals surface area contributed by atoms with Gasteiger partial charge in [0.15, 0.2) is 0 Å². The maximum absolute atomic E-state index is 12.8. The van der Waals surface area contributed by atoms with Gasteiger partial charge in [0.2, 0.25) is 5.91 Å². The SMILES string of the molecule is CCCCCCCCCCCCCCCCCC/C=C/C(O)C(COP(=O)(O)OCCN)NC(=O)CC(O)CCCCCCCCCCCCC. The van der Waals surface area contributed by atoms with Crippen LogP contribution in [-0.2, 0) is 18.4 Å². The van der Waals surface area contributed by atoms with Crippen LogP contribution in [-0.4, -0.2) is 59.0 Å². The molecule has 0 aromatic carbocycles. The largest absolute Gasteiger partial charge is 0.472 e. The Hall–Kier alpha value is -0.800. The fourth-order valence-corrected chi connectivity index (χ4v) is 7.17. The highest BCUT2D eigenvalue weighted by Crippen LogP contribution is 2.43. The van der Waals surface area contributed by atoms with Crippen molar-refractivity contribution in [1.29, 1.82) is 0 Å². The summed E-state index contributed by atoms with van der Waals surface area (Å²) in [5, 5.41) is 24.0. The molecule has 4 atom stereocenters. The number of aliphatic hydroxyl groups excluding tert-OH is 2. The summed E-state index contributed by atoms with van der Waals surface area (Å²) in [6, 6.07) is -0.976. The molecule has 10 heteroatoms. The molecule has 1 amide bonds. The topological polar surface area (TPSA) is 151 Å². The molecular formula is C41H83N2O7P. The molecule has 0 aliphatic carbocycles. The van der Waals surface area contributed by atoms with Gasteiger partial charge in [-0.1, -0.05) is 193 Å². The first kappa shape index (κ1) is 50.2. The van der Waals surface area contributed by atoms with Crippen molar-refractivity contribution >= 4 is 13.7 Å². The fraction of sp³-hybridized carbons (Fsp3) is 0.927. The molecule has 0 radical (unpaired) electrons. The van der Waals surface area contributed by atoms with Crippen LogP contribution in [0.4, 0.5) is 0 Å². The number of carbonyl (C=O) groups excluding carboxylic acids is 1. The smallest absolute Gasteiger partial charge is 0.393 e. The Morgan fingerprint density at radius 3 is 1.51 bits per heavy atom. The molecule has 0 spiro atoms. The highest BCUT2D eigenvalue weighted by molar-refractivity contribution is 7.47. The van der Waals surface area contributed by atoms with Crippen molar-refractivity contribution < 1.29 is 33.5 Å². The molecule has 6 N–H and O–H groups in total. The van der Waals surface area contributed by atoms with E-state index in [9.17, 15) is 24.5 Å². The van der Waals surface area contributed by atoms with Crippen molar-refractivity contribution in [2.45, 2.75) is 225 Å². The Bertz CT molecular complexity index is 832. The van der Waals surface area contributed by atoms with Gasteiger partial charge in [0, 0.05) is 6.54 Å². The summed E-state index contributed by atoms with van der Waals surface area (Å²) in [4.78, 5) is 22.7. The third-order valence-corrected chi connectivity index (χ3v) is 10.7. The molecule has 0 fully saturated rings. The van der Waals surface area contributed by atoms with E-state index in [1.54, 1.807) is 6.08 Å². The molecule has 0 aliphatic heterocycles. The summed E-state index contributed by atoms with van der Waals surface area (Å²) in [7, 11) is -4.39. The summed E-state index contributed by atoms with van der Waals surface area (Å²) in [6.45, 7) is 3.97. The van der Waals surface area contributed by atoms with Crippen molar-refractivity contribution in [2.24, 2.45) is 5.73 Å². The molecule has 9 nitrogen and oxygen atoms in total. The lowest BCUT2D eigenvalue weighted by atomic mass is 10.0. The second-order valence-electron chi connectivity index (χ2n) is 14.8. The number of carbonyl (C=O) groups is 1. The van der Waals surface area contributed by atoms with Crippen molar-refractivity contribution in [3.8, 4) is 0 Å². The summed E-state index contributed by atoms with van der Waals surface area (Å²) in [5.74, 6) is -0.444. The molecule has 304 valence electrons. The summed E-state index contributed by atoms with van der Waals surface area (Å²) < 4.78 is 22.0. The van der Waals surface area contributed by atoms with Crippen molar-refractivity contribution in [1.82, 2.24) is 5.32 Å². The first-order valence-electron chi connectivity index (χ1n) is 21.4. The number of unbranched alkanes of at least 4 members (excludes halogenated alkanes) is 26. The number of rotatable bonds is 40. The van der Waals surface area contributed by atoms with Gasteiger partial charge in [-0.05, 0) is 19.3 Å². The molecule has 0 rings (SSSR count). The average molecular weight is 747 g/mol. The Morgan fingerprint density at radius 2 is 1.08 bits per heavy atom. The molecule has 0 heterocycles. The second-order valence-corrected chi connectivity index (χ2v) is 16.2. The fourth-order valence-electron chi connectivity index (χ4n) is 6.41. The quantitative estimate of drug-likeness (QED) is 0.0236. The van der Waals surface area contributed by atoms with Crippen molar-refractivity contribution in [3.63, 3.8) is 0 Å². The number of aliphatic hydroxyl groups is 2. The molecule has 0 saturated heterocycles. The second kappa shape index (κ2) is 37.5. The van der Waals surface area contributed by atoms with Gasteiger partial charge in [-0.3, -0.25) is 13.8 Å². The molecular weight excluding hydrogens is 663 g/mol. The van der Waals surface area contributed by atoms with E-state index in [0.717, 1.165) is 38.5 Å². The molecule has 0 saturated carbocycles. The zero-order valence-electron chi connectivity index (χ0n) is 33.2. The number of phosphoric acid groups is 1. The maximum Gasteiger partial charge on any atom is 0.472 e. The van der Waals surface area contributed by atoms with Gasteiger partial charge < -0.3 is 26.2 Å². The molecule has 0 aromatic heterocycles. The number of phosphoric ester groups is 1. The van der Waals surface area contributed by atoms with Crippen LogP contribution in [0.15, 0.2) is 12.2 Å². The molecule has 4 unspecified atom stereocenters. The van der Waals surface area contributed by atoms with Crippen LogP contribution in [0.3, 0.4) is 0 Å². The number of hydrogen-bond acceptors (Lipinski definition) is 7. The first-order valence-corrected chi connectivity index (χ1v) is 22.9. The normalized spacial score (nSPS) is 14.9. The van der Waals surface area contributed by atoms with E-state index in [0.29, 0.717) is 6.42 Å². The Morgan fingerprint density at radius 1 is 0.667 bits per heavy atom. The van der Waals surface area contributed by atoms with Gasteiger partial charge in [-0.2, -0.15) is 0 Å². The van der Waals surface area contributed by atoms with E-state index < -0.39 is 38.6 Å². The standard InChI is InChI=1S/C41H83N2O7P/c1-3-5-7-9-11-13-15-16-17-18-19-20-21-23-25-27-29-31-33-40(45)39(37-50-51(47,48)49-35-34-42)43-41(46)36-38(44)32-30-28-26-24-22-14-12-10-8-6-4-2/h31,33,38-40,44-45H,3-30,32,34-37,42H2,1-2H3,(H,43,46)(H,47,48)/b33-31+. The Balaban J connectivity index is 4.32. The van der Waals surface area contributed by atoms with E-state index in [2.05, 4.69) is 19.2 Å². The van der Waals surface area contributed by atoms with Crippen LogP contribution in [0.1, 0.15) is 206 Å². The minimum absolute atomic E-state index is 0.0514. The van der Waals surface area contributed by atoms with Crippen LogP contribution in [0.2, 0.25) is 0 Å². The summed E-state index contributed by atoms with van der Waals surface area (Å²) in [5.41, 5.74) is 5.36. The summed E-state index contributed by atoms with van der Waals surface area (Å²) >= 11 is 0. The van der Waals surface area contributed by atoms with Crippen molar-refractivity contribution in [3.05, 3.63) is 12.2 Å². The summed E-state index contributed by atoms with van der Waals surface area (Å²) in [6.07, 6.45) is 37.2. The minimum atomic E-state index is -4.39. The predicted molar refractivity (Wildman–Crippen MR) is 214 cm³/mol. The van der Waals surface area contributed by atoms with E-state index in [1.807, 2.05) is 6.08 Å². The van der Waals surface area contributed by atoms with Crippen LogP contribution in [0.5, 0.6) is 0 Å². The molecule has 51 heavy (non-hydrogen) atoms. The number of nitrogens with two attached hydrogens (primary N) is 1. The van der Waals surface area contributed by atoms with Crippen LogP contribution < -0.4 is 11.1 Å². The Kier molecular flexibility index (Phi) is 36.9. The van der Waals surface area contributed by atoms with Crippen LogP contribution in [0, 0.1) is 0 Å². The highest BCUT2D eigenvalue weighted by atomic mass is 31.2. The lowest BCUT2D eigenvalue weighted by Crippen LogP contribution is -2.46. The number of hydrogen-bond donors (Lipinski definition) is 5. The van der Waals surface area contributed by atoms with Crippen LogP contribution >= 0.6 is 7.82 Å². The van der Waals surface area contributed by atoms with E-state index >= 15 is 0 Å². The molecule has 0 aromatic rings. The molecule has 0 aliphatic rings. The van der Waals surface area contributed by atoms with Gasteiger partial charge in [0.25, 0.3) is 0 Å². The van der Waals surface area contributed by atoms with Gasteiger partial charge in [0.05, 0.1) is 37.9 Å². The van der Waals surface area contributed by atoms with Crippen molar-refractivity contribution in [2.75, 3.05) is 19.8 Å². The lowest BCUT2D eigenvalue weighted by Gasteiger charge is -2.24. The van der Waals surface area contributed by atoms with Gasteiger partial charge in [0.1, 0.15) is 0 Å². The number of amides is 1. The molecule has 0 bridgehead atoms. The van der Waals surface area contributed by atoms with E-state index in [-0.39, 0.29) is 19.6 Å². The number of nitrogens with one attached hydrogen (secondary N) is 1. The van der Waals surface area contributed by atoms with Gasteiger partial charge >= 0.3 is 7.82 Å². The lowest BCUT2D eigenvalue weighted by molar-refractivity contribution is -0.124. The number of allylic oxidation sites excluding steroid dienone is 1. The van der Waals surface area contributed by atoms with Crippen LogP contribution in [0.25, 0.3) is 0 Å². The first-order chi connectivity index (χ1) is 24.8. The Labute approximate surface area is 314 Å². The van der Waals surface area contributed by atoms with Gasteiger partial charge in [-0.25, -0.2) is 4.57 Å². The third-order valence-electron chi connectivity index (χ3n) is 9.67. The zero-order chi connectivity index (χ0) is 37.7.